The summed E-state index contributed by atoms with van der Waals surface area (Å²) in [4.78, 5) is 26.3. The average molecular weight is 295 g/mol. The van der Waals surface area contributed by atoms with Crippen molar-refractivity contribution in [2.75, 3.05) is 5.32 Å². The van der Waals surface area contributed by atoms with Gasteiger partial charge in [-0.05, 0) is 12.1 Å². The predicted octanol–water partition coefficient (Wildman–Crippen LogP) is 3.16. The molecule has 1 heterocycles. The molecule has 1 aromatic carbocycles. The Kier molecular flexibility index (Phi) is 4.13. The van der Waals surface area contributed by atoms with E-state index in [1.165, 1.54) is 42.2 Å². The van der Waals surface area contributed by atoms with Crippen LogP contribution >= 0.6 is 23.1 Å². The number of carbonyl (C=O) groups is 1. The van der Waals surface area contributed by atoms with Crippen molar-refractivity contribution in [3.05, 3.63) is 39.9 Å². The third-order valence-electron chi connectivity index (χ3n) is 2.09. The second-order valence-corrected chi connectivity index (χ2v) is 5.73. The van der Waals surface area contributed by atoms with Crippen LogP contribution in [-0.4, -0.2) is 15.8 Å². The highest BCUT2D eigenvalue weighted by molar-refractivity contribution is 8.01. The number of nitrogens with zero attached hydrogens (tertiary/aromatic N) is 2. The number of thiazole rings is 1. The predicted molar refractivity (Wildman–Crippen MR) is 73.6 cm³/mol. The molecular formula is C11H9N3O3S2. The maximum atomic E-state index is 11.0. The van der Waals surface area contributed by atoms with Gasteiger partial charge in [0.1, 0.15) is 5.69 Å². The number of nitro benzene ring substituents is 1. The minimum Gasteiger partial charge on any atom is -0.321 e. The molecule has 0 unspecified atom stereocenters. The first-order valence-electron chi connectivity index (χ1n) is 5.19. The Bertz CT molecular complexity index is 614. The van der Waals surface area contributed by atoms with E-state index in [9.17, 15) is 14.9 Å². The van der Waals surface area contributed by atoms with Gasteiger partial charge in [0.25, 0.3) is 5.69 Å². The molecule has 0 radical (unpaired) electrons. The van der Waals surface area contributed by atoms with Crippen LogP contribution in [0.1, 0.15) is 6.92 Å². The van der Waals surface area contributed by atoms with Gasteiger partial charge < -0.3 is 5.32 Å². The van der Waals surface area contributed by atoms with Gasteiger partial charge in [-0.2, -0.15) is 0 Å². The first-order valence-corrected chi connectivity index (χ1v) is 6.89. The molecule has 0 aliphatic heterocycles. The molecule has 0 saturated heterocycles. The van der Waals surface area contributed by atoms with Crippen LogP contribution in [0, 0.1) is 10.1 Å². The van der Waals surface area contributed by atoms with Crippen molar-refractivity contribution in [2.45, 2.75) is 16.2 Å². The molecule has 2 aromatic rings. The third-order valence-corrected chi connectivity index (χ3v) is 3.96. The van der Waals surface area contributed by atoms with Crippen molar-refractivity contribution in [2.24, 2.45) is 0 Å². The van der Waals surface area contributed by atoms with E-state index in [4.69, 9.17) is 0 Å². The monoisotopic (exact) mass is 295 g/mol. The molecule has 0 fully saturated rings. The SMILES string of the molecule is CC(=O)Nc1ccc(Sc2nccs2)cc1[N+](=O)[O-]. The van der Waals surface area contributed by atoms with E-state index in [1.54, 1.807) is 12.3 Å². The number of hydrogen-bond donors (Lipinski definition) is 1. The summed E-state index contributed by atoms with van der Waals surface area (Å²) < 4.78 is 0.807. The normalized spacial score (nSPS) is 10.2. The fraction of sp³-hybridized carbons (Fsp3) is 0.0909. The zero-order valence-corrected chi connectivity index (χ0v) is 11.5. The molecular weight excluding hydrogens is 286 g/mol. The molecule has 0 aliphatic carbocycles. The summed E-state index contributed by atoms with van der Waals surface area (Å²) in [6.07, 6.45) is 1.67. The van der Waals surface area contributed by atoms with E-state index in [2.05, 4.69) is 10.3 Å². The average Bonchev–Trinajstić information content (AvgIpc) is 2.83. The molecule has 0 aliphatic rings. The van der Waals surface area contributed by atoms with Crippen LogP contribution in [0.15, 0.2) is 39.0 Å². The number of anilines is 1. The number of amides is 1. The molecule has 8 heteroatoms. The number of nitro groups is 1. The number of hydrogen-bond acceptors (Lipinski definition) is 6. The van der Waals surface area contributed by atoms with Gasteiger partial charge in [0, 0.05) is 29.5 Å². The van der Waals surface area contributed by atoms with Crippen LogP contribution in [0.5, 0.6) is 0 Å². The van der Waals surface area contributed by atoms with Gasteiger partial charge in [0.05, 0.1) is 4.92 Å². The first kappa shape index (κ1) is 13.5. The summed E-state index contributed by atoms with van der Waals surface area (Å²) in [5, 5.41) is 15.3. The molecule has 0 saturated carbocycles. The van der Waals surface area contributed by atoms with Crippen LogP contribution in [0.2, 0.25) is 0 Å². The first-order chi connectivity index (χ1) is 9.06. The van der Waals surface area contributed by atoms with Crippen molar-refractivity contribution >= 4 is 40.4 Å². The van der Waals surface area contributed by atoms with Gasteiger partial charge in [-0.1, -0.05) is 11.8 Å². The second kappa shape index (κ2) is 5.81. The Morgan fingerprint density at radius 1 is 1.53 bits per heavy atom. The lowest BCUT2D eigenvalue weighted by Gasteiger charge is -2.05. The van der Waals surface area contributed by atoms with Gasteiger partial charge in [0.2, 0.25) is 5.91 Å². The highest BCUT2D eigenvalue weighted by Crippen LogP contribution is 2.34. The van der Waals surface area contributed by atoms with Crippen molar-refractivity contribution in [1.29, 1.82) is 0 Å². The summed E-state index contributed by atoms with van der Waals surface area (Å²) in [5.41, 5.74) is 0.0674. The van der Waals surface area contributed by atoms with E-state index in [1.807, 2.05) is 5.38 Å². The molecule has 0 spiro atoms. The molecule has 1 aromatic heterocycles. The summed E-state index contributed by atoms with van der Waals surface area (Å²) in [5.74, 6) is -0.344. The van der Waals surface area contributed by atoms with E-state index < -0.39 is 4.92 Å². The highest BCUT2D eigenvalue weighted by Gasteiger charge is 2.16. The van der Waals surface area contributed by atoms with Gasteiger partial charge in [-0.25, -0.2) is 4.98 Å². The lowest BCUT2D eigenvalue weighted by molar-refractivity contribution is -0.384. The third kappa shape index (κ3) is 3.52. The largest absolute Gasteiger partial charge is 0.321 e. The van der Waals surface area contributed by atoms with Crippen molar-refractivity contribution in [1.82, 2.24) is 4.98 Å². The molecule has 6 nitrogen and oxygen atoms in total. The minimum atomic E-state index is -0.517. The summed E-state index contributed by atoms with van der Waals surface area (Å²) in [7, 11) is 0. The number of aromatic nitrogens is 1. The molecule has 19 heavy (non-hydrogen) atoms. The van der Waals surface area contributed by atoms with Crippen molar-refractivity contribution in [3.63, 3.8) is 0 Å². The van der Waals surface area contributed by atoms with Crippen LogP contribution in [-0.2, 0) is 4.79 Å². The Morgan fingerprint density at radius 3 is 2.89 bits per heavy atom. The van der Waals surface area contributed by atoms with Crippen LogP contribution in [0.25, 0.3) is 0 Å². The van der Waals surface area contributed by atoms with Crippen molar-refractivity contribution < 1.29 is 9.72 Å². The van der Waals surface area contributed by atoms with Crippen LogP contribution < -0.4 is 5.32 Å². The molecule has 2 rings (SSSR count). The highest BCUT2D eigenvalue weighted by atomic mass is 32.2. The lowest BCUT2D eigenvalue weighted by Crippen LogP contribution is -2.07. The Hall–Kier alpha value is -1.93. The second-order valence-electron chi connectivity index (χ2n) is 3.52. The van der Waals surface area contributed by atoms with Crippen LogP contribution in [0.3, 0.4) is 0 Å². The summed E-state index contributed by atoms with van der Waals surface area (Å²) >= 11 is 2.80. The summed E-state index contributed by atoms with van der Waals surface area (Å²) in [6.45, 7) is 1.31. The van der Waals surface area contributed by atoms with Gasteiger partial charge >= 0.3 is 0 Å². The quantitative estimate of drug-likeness (QED) is 0.691. The molecule has 98 valence electrons. The Morgan fingerprint density at radius 2 is 2.32 bits per heavy atom. The van der Waals surface area contributed by atoms with Gasteiger partial charge in [-0.15, -0.1) is 11.3 Å². The van der Waals surface area contributed by atoms with Gasteiger partial charge in [-0.3, -0.25) is 14.9 Å². The lowest BCUT2D eigenvalue weighted by atomic mass is 10.2. The molecule has 0 bridgehead atoms. The summed E-state index contributed by atoms with van der Waals surface area (Å²) in [6, 6.07) is 4.66. The maximum Gasteiger partial charge on any atom is 0.293 e. The molecule has 1 N–H and O–H groups in total. The number of carbonyl (C=O) groups excluding carboxylic acids is 1. The number of nitrogens with one attached hydrogen (secondary N) is 1. The Balaban J connectivity index is 2.30. The fourth-order valence-corrected chi connectivity index (χ4v) is 3.01. The van der Waals surface area contributed by atoms with E-state index in [0.717, 1.165) is 4.34 Å². The van der Waals surface area contributed by atoms with Crippen LogP contribution in [0.4, 0.5) is 11.4 Å². The number of rotatable bonds is 4. The smallest absolute Gasteiger partial charge is 0.293 e. The standard InChI is InChI=1S/C11H9N3O3S2/c1-7(15)13-9-3-2-8(6-10(9)14(16)17)19-11-12-4-5-18-11/h2-6H,1H3,(H,13,15). The minimum absolute atomic E-state index is 0.128. The van der Waals surface area contributed by atoms with E-state index >= 15 is 0 Å². The van der Waals surface area contributed by atoms with Gasteiger partial charge in [0.15, 0.2) is 4.34 Å². The number of benzene rings is 1. The Labute approximate surface area is 117 Å². The van der Waals surface area contributed by atoms with E-state index in [0.29, 0.717) is 4.90 Å². The van der Waals surface area contributed by atoms with E-state index in [-0.39, 0.29) is 17.3 Å². The molecule has 0 atom stereocenters. The maximum absolute atomic E-state index is 11.0. The molecule has 1 amide bonds. The zero-order valence-electron chi connectivity index (χ0n) is 9.82. The zero-order chi connectivity index (χ0) is 13.8. The topological polar surface area (TPSA) is 85.1 Å². The van der Waals surface area contributed by atoms with Crippen molar-refractivity contribution in [3.8, 4) is 0 Å². The fourth-order valence-electron chi connectivity index (χ4n) is 1.38.